The number of rotatable bonds is 6. The number of benzene rings is 1. The molecule has 0 aliphatic heterocycles. The molecule has 1 aromatic rings. The van der Waals surface area contributed by atoms with Gasteiger partial charge in [-0.1, -0.05) is 19.1 Å². The summed E-state index contributed by atoms with van der Waals surface area (Å²) in [5.41, 5.74) is 7.37. The third-order valence-corrected chi connectivity index (χ3v) is 4.29. The van der Waals surface area contributed by atoms with Gasteiger partial charge in [-0.15, -0.1) is 0 Å². The molecule has 2 rings (SSSR count). The normalized spacial score (nSPS) is 23.0. The third kappa shape index (κ3) is 4.22. The van der Waals surface area contributed by atoms with Crippen LogP contribution in [0.15, 0.2) is 24.3 Å². The summed E-state index contributed by atoms with van der Waals surface area (Å²) in [6.45, 7) is 4.44. The molecule has 1 saturated carbocycles. The molecule has 0 radical (unpaired) electrons. The molecular weight excluding hydrogens is 248 g/mol. The molecule has 0 atom stereocenters. The lowest BCUT2D eigenvalue weighted by Gasteiger charge is -2.36. The maximum absolute atomic E-state index is 6.03. The van der Waals surface area contributed by atoms with Crippen LogP contribution in [-0.4, -0.2) is 30.6 Å². The van der Waals surface area contributed by atoms with Crippen molar-refractivity contribution >= 4 is 0 Å². The van der Waals surface area contributed by atoms with Gasteiger partial charge < -0.3 is 10.5 Å². The zero-order valence-corrected chi connectivity index (χ0v) is 12.8. The van der Waals surface area contributed by atoms with E-state index >= 15 is 0 Å². The maximum atomic E-state index is 6.03. The maximum Gasteiger partial charge on any atom is 0.119 e. The van der Waals surface area contributed by atoms with Gasteiger partial charge in [-0.05, 0) is 56.3 Å². The smallest absolute Gasteiger partial charge is 0.119 e. The Labute approximate surface area is 123 Å². The zero-order valence-electron chi connectivity index (χ0n) is 12.8. The van der Waals surface area contributed by atoms with E-state index in [1.165, 1.54) is 37.7 Å². The quantitative estimate of drug-likeness (QED) is 0.867. The Morgan fingerprint density at radius 2 is 2.00 bits per heavy atom. The van der Waals surface area contributed by atoms with Gasteiger partial charge in [0.2, 0.25) is 0 Å². The van der Waals surface area contributed by atoms with E-state index in [0.717, 1.165) is 18.8 Å². The van der Waals surface area contributed by atoms with Crippen LogP contribution in [0, 0.1) is 0 Å². The topological polar surface area (TPSA) is 38.5 Å². The summed E-state index contributed by atoms with van der Waals surface area (Å²) in [6.07, 6.45) is 6.02. The van der Waals surface area contributed by atoms with E-state index in [1.54, 1.807) is 7.11 Å². The van der Waals surface area contributed by atoms with Crippen molar-refractivity contribution in [1.82, 2.24) is 4.90 Å². The van der Waals surface area contributed by atoms with Crippen molar-refractivity contribution in [2.24, 2.45) is 5.73 Å². The molecule has 1 fully saturated rings. The number of hydrogen-bond donors (Lipinski definition) is 1. The zero-order chi connectivity index (χ0) is 14.4. The van der Waals surface area contributed by atoms with Crippen LogP contribution in [0.3, 0.4) is 0 Å². The molecule has 112 valence electrons. The van der Waals surface area contributed by atoms with Gasteiger partial charge in [-0.25, -0.2) is 0 Å². The Hall–Kier alpha value is -1.06. The first-order valence-electron chi connectivity index (χ1n) is 7.85. The van der Waals surface area contributed by atoms with Crippen LogP contribution in [-0.2, 0) is 6.54 Å². The Bertz CT molecular complexity index is 400. The van der Waals surface area contributed by atoms with Crippen LogP contribution >= 0.6 is 0 Å². The number of hydrogen-bond acceptors (Lipinski definition) is 3. The summed E-state index contributed by atoms with van der Waals surface area (Å²) < 4.78 is 5.32. The first kappa shape index (κ1) is 15.3. The van der Waals surface area contributed by atoms with E-state index < -0.39 is 0 Å². The van der Waals surface area contributed by atoms with Gasteiger partial charge in [0.05, 0.1) is 7.11 Å². The Morgan fingerprint density at radius 1 is 1.25 bits per heavy atom. The van der Waals surface area contributed by atoms with Gasteiger partial charge in [0, 0.05) is 18.6 Å². The first-order valence-corrected chi connectivity index (χ1v) is 7.85. The highest BCUT2D eigenvalue weighted by Crippen LogP contribution is 2.24. The van der Waals surface area contributed by atoms with Crippen LogP contribution in [0.2, 0.25) is 0 Å². The van der Waals surface area contributed by atoms with Gasteiger partial charge in [0.15, 0.2) is 0 Å². The lowest BCUT2D eigenvalue weighted by Crippen LogP contribution is -2.40. The van der Waals surface area contributed by atoms with Crippen LogP contribution in [0.4, 0.5) is 0 Å². The van der Waals surface area contributed by atoms with Gasteiger partial charge >= 0.3 is 0 Å². The predicted molar refractivity (Wildman–Crippen MR) is 83.9 cm³/mol. The van der Waals surface area contributed by atoms with Crippen molar-refractivity contribution in [3.63, 3.8) is 0 Å². The Morgan fingerprint density at radius 3 is 2.65 bits per heavy atom. The summed E-state index contributed by atoms with van der Waals surface area (Å²) in [5, 5.41) is 0. The fourth-order valence-electron chi connectivity index (χ4n) is 3.15. The summed E-state index contributed by atoms with van der Waals surface area (Å²) in [4.78, 5) is 2.63. The SMILES string of the molecule is CCCN(Cc1cccc(OC)c1)C1CCC(N)CC1. The van der Waals surface area contributed by atoms with Crippen molar-refractivity contribution in [3.05, 3.63) is 29.8 Å². The Kier molecular flexibility index (Phi) is 5.86. The summed E-state index contributed by atoms with van der Waals surface area (Å²) in [6, 6.07) is 9.55. The largest absolute Gasteiger partial charge is 0.497 e. The van der Waals surface area contributed by atoms with E-state index in [-0.39, 0.29) is 0 Å². The molecule has 0 aromatic heterocycles. The molecule has 1 aromatic carbocycles. The van der Waals surface area contributed by atoms with Crippen molar-refractivity contribution < 1.29 is 4.74 Å². The number of methoxy groups -OCH3 is 1. The van der Waals surface area contributed by atoms with Gasteiger partial charge in [0.1, 0.15) is 5.75 Å². The molecule has 3 nitrogen and oxygen atoms in total. The molecule has 0 bridgehead atoms. The fourth-order valence-corrected chi connectivity index (χ4v) is 3.15. The van der Waals surface area contributed by atoms with E-state index in [9.17, 15) is 0 Å². The minimum absolute atomic E-state index is 0.423. The lowest BCUT2D eigenvalue weighted by atomic mass is 9.90. The summed E-state index contributed by atoms with van der Waals surface area (Å²) >= 11 is 0. The monoisotopic (exact) mass is 276 g/mol. The molecule has 0 saturated heterocycles. The summed E-state index contributed by atoms with van der Waals surface area (Å²) in [5.74, 6) is 0.949. The number of nitrogens with zero attached hydrogens (tertiary/aromatic N) is 1. The van der Waals surface area contributed by atoms with Crippen LogP contribution in [0.5, 0.6) is 5.75 Å². The standard InChI is InChI=1S/C17H28N2O/c1-3-11-19(16-9-7-15(18)8-10-16)13-14-5-4-6-17(12-14)20-2/h4-6,12,15-16H,3,7-11,13,18H2,1-2H3. The van der Waals surface area contributed by atoms with E-state index in [1.807, 2.05) is 6.07 Å². The second-order valence-electron chi connectivity index (χ2n) is 5.89. The average Bonchev–Trinajstić information content (AvgIpc) is 2.48. The minimum Gasteiger partial charge on any atom is -0.497 e. The van der Waals surface area contributed by atoms with E-state index in [2.05, 4.69) is 30.0 Å². The molecular formula is C17H28N2O. The minimum atomic E-state index is 0.423. The van der Waals surface area contributed by atoms with Gasteiger partial charge in [0.25, 0.3) is 0 Å². The second-order valence-corrected chi connectivity index (χ2v) is 5.89. The highest BCUT2D eigenvalue weighted by Gasteiger charge is 2.23. The van der Waals surface area contributed by atoms with Crippen LogP contribution < -0.4 is 10.5 Å². The second kappa shape index (κ2) is 7.65. The van der Waals surface area contributed by atoms with Crippen molar-refractivity contribution in [2.75, 3.05) is 13.7 Å². The molecule has 0 spiro atoms. The molecule has 2 N–H and O–H groups in total. The molecule has 0 heterocycles. The molecule has 1 aliphatic carbocycles. The van der Waals surface area contributed by atoms with Crippen LogP contribution in [0.25, 0.3) is 0 Å². The van der Waals surface area contributed by atoms with Gasteiger partial charge in [-0.2, -0.15) is 0 Å². The van der Waals surface area contributed by atoms with Crippen molar-refractivity contribution in [3.8, 4) is 5.75 Å². The third-order valence-electron chi connectivity index (χ3n) is 4.29. The van der Waals surface area contributed by atoms with Gasteiger partial charge in [-0.3, -0.25) is 4.90 Å². The number of nitrogens with two attached hydrogens (primary N) is 1. The fraction of sp³-hybridized carbons (Fsp3) is 0.647. The number of ether oxygens (including phenoxy) is 1. The predicted octanol–water partition coefficient (Wildman–Crippen LogP) is 3.18. The molecule has 0 amide bonds. The molecule has 3 heteroatoms. The Balaban J connectivity index is 2.00. The van der Waals surface area contributed by atoms with E-state index in [0.29, 0.717) is 12.1 Å². The van der Waals surface area contributed by atoms with E-state index in [4.69, 9.17) is 10.5 Å². The van der Waals surface area contributed by atoms with Crippen molar-refractivity contribution in [1.29, 1.82) is 0 Å². The lowest BCUT2D eigenvalue weighted by molar-refractivity contribution is 0.142. The molecule has 1 aliphatic rings. The highest BCUT2D eigenvalue weighted by molar-refractivity contribution is 5.28. The highest BCUT2D eigenvalue weighted by atomic mass is 16.5. The summed E-state index contributed by atoms with van der Waals surface area (Å²) in [7, 11) is 1.73. The van der Waals surface area contributed by atoms with Crippen molar-refractivity contribution in [2.45, 2.75) is 57.7 Å². The van der Waals surface area contributed by atoms with Crippen LogP contribution in [0.1, 0.15) is 44.6 Å². The molecule has 20 heavy (non-hydrogen) atoms. The molecule has 0 unspecified atom stereocenters. The first-order chi connectivity index (χ1) is 9.72. The average molecular weight is 276 g/mol.